The minimum atomic E-state index is 0.220. The van der Waals surface area contributed by atoms with Crippen LogP contribution in [0.5, 0.6) is 11.5 Å². The van der Waals surface area contributed by atoms with E-state index in [1.54, 1.807) is 0 Å². The van der Waals surface area contributed by atoms with Crippen LogP contribution in [-0.4, -0.2) is 10.2 Å². The average molecular weight is 405 g/mol. The van der Waals surface area contributed by atoms with Crippen LogP contribution in [0.25, 0.3) is 0 Å². The minimum absolute atomic E-state index is 0.220. The van der Waals surface area contributed by atoms with Crippen LogP contribution in [0, 0.1) is 11.3 Å². The zero-order valence-electron chi connectivity index (χ0n) is 18.8. The summed E-state index contributed by atoms with van der Waals surface area (Å²) >= 11 is 0. The maximum absolute atomic E-state index is 10.3. The van der Waals surface area contributed by atoms with E-state index in [4.69, 9.17) is 0 Å². The highest BCUT2D eigenvalue weighted by molar-refractivity contribution is 5.46. The third-order valence-corrected chi connectivity index (χ3v) is 9.08. The van der Waals surface area contributed by atoms with Crippen LogP contribution in [0.1, 0.15) is 88.0 Å². The van der Waals surface area contributed by atoms with E-state index in [1.165, 1.54) is 56.1 Å². The number of hydrogen-bond donors (Lipinski definition) is 2. The molecule has 2 heteroatoms. The zero-order chi connectivity index (χ0) is 21.1. The second-order valence-corrected chi connectivity index (χ2v) is 10.8. The quantitative estimate of drug-likeness (QED) is 0.576. The van der Waals surface area contributed by atoms with Crippen molar-refractivity contribution in [1.82, 2.24) is 0 Å². The largest absolute Gasteiger partial charge is 0.508 e. The SMILES string of the molecule is CCc1cc(C23CC4CC(CC)(C2)CC(c2ccc(O)c(CC)c2)(C4)C3)ccc1O. The van der Waals surface area contributed by atoms with Gasteiger partial charge in [0.05, 0.1) is 0 Å². The molecule has 0 radical (unpaired) electrons. The van der Waals surface area contributed by atoms with Crippen LogP contribution in [0.15, 0.2) is 36.4 Å². The Kier molecular flexibility index (Phi) is 4.51. The van der Waals surface area contributed by atoms with Gasteiger partial charge in [0.2, 0.25) is 0 Å². The molecular formula is C28H36O2. The van der Waals surface area contributed by atoms with Crippen molar-refractivity contribution in [2.45, 2.75) is 89.4 Å². The topological polar surface area (TPSA) is 40.5 Å². The summed E-state index contributed by atoms with van der Waals surface area (Å²) in [6.45, 7) is 6.67. The molecule has 2 N–H and O–H groups in total. The summed E-state index contributed by atoms with van der Waals surface area (Å²) in [6.07, 6.45) is 10.8. The lowest BCUT2D eigenvalue weighted by atomic mass is 9.37. The van der Waals surface area contributed by atoms with E-state index >= 15 is 0 Å². The van der Waals surface area contributed by atoms with Gasteiger partial charge in [-0.05, 0) is 108 Å². The van der Waals surface area contributed by atoms with E-state index in [0.29, 0.717) is 16.9 Å². The van der Waals surface area contributed by atoms with Gasteiger partial charge in [0.15, 0.2) is 0 Å². The Labute approximate surface area is 181 Å². The molecule has 2 unspecified atom stereocenters. The molecule has 6 rings (SSSR count). The highest BCUT2D eigenvalue weighted by Gasteiger charge is 2.63. The lowest BCUT2D eigenvalue weighted by Crippen LogP contribution is -2.60. The smallest absolute Gasteiger partial charge is 0.118 e. The Hall–Kier alpha value is -1.96. The van der Waals surface area contributed by atoms with Crippen LogP contribution in [0.4, 0.5) is 0 Å². The number of aryl methyl sites for hydroxylation is 2. The lowest BCUT2D eigenvalue weighted by molar-refractivity contribution is -0.0920. The van der Waals surface area contributed by atoms with Gasteiger partial charge in [-0.15, -0.1) is 0 Å². The number of phenolic OH excluding ortho intramolecular Hbond substituents is 2. The van der Waals surface area contributed by atoms with E-state index in [9.17, 15) is 10.2 Å². The molecule has 0 heterocycles. The predicted molar refractivity (Wildman–Crippen MR) is 122 cm³/mol. The van der Waals surface area contributed by atoms with Gasteiger partial charge in [0, 0.05) is 0 Å². The molecule has 0 saturated heterocycles. The van der Waals surface area contributed by atoms with E-state index in [0.717, 1.165) is 29.9 Å². The number of hydrogen-bond acceptors (Lipinski definition) is 2. The molecule has 4 aliphatic rings. The van der Waals surface area contributed by atoms with Crippen molar-refractivity contribution in [3.8, 4) is 11.5 Å². The molecule has 0 aromatic heterocycles. The third kappa shape index (κ3) is 2.82. The lowest BCUT2D eigenvalue weighted by Gasteiger charge is -2.67. The second-order valence-electron chi connectivity index (χ2n) is 10.8. The Morgan fingerprint density at radius 1 is 0.733 bits per heavy atom. The summed E-state index contributed by atoms with van der Waals surface area (Å²) < 4.78 is 0. The summed E-state index contributed by atoms with van der Waals surface area (Å²) in [5.41, 5.74) is 5.94. The maximum atomic E-state index is 10.3. The highest BCUT2D eigenvalue weighted by atomic mass is 16.3. The molecule has 4 fully saturated rings. The molecule has 160 valence electrons. The van der Waals surface area contributed by atoms with E-state index in [2.05, 4.69) is 45.0 Å². The van der Waals surface area contributed by atoms with Crippen molar-refractivity contribution in [3.63, 3.8) is 0 Å². The molecule has 0 spiro atoms. The first-order valence-electron chi connectivity index (χ1n) is 12.0. The Balaban J connectivity index is 1.65. The standard InChI is InChI=1S/C28H36O2/c1-4-20-11-22(7-9-24(20)29)27-14-19-13-26(6-3,16-27)17-28(15-19,18-27)23-8-10-25(30)21(5-2)12-23/h7-12,19,29-30H,4-6,13-18H2,1-3H3. The van der Waals surface area contributed by atoms with Crippen LogP contribution >= 0.6 is 0 Å². The third-order valence-electron chi connectivity index (χ3n) is 9.08. The second kappa shape index (κ2) is 6.77. The van der Waals surface area contributed by atoms with Gasteiger partial charge in [-0.1, -0.05) is 51.5 Å². The molecule has 4 bridgehead atoms. The molecular weight excluding hydrogens is 368 g/mol. The van der Waals surface area contributed by atoms with Gasteiger partial charge in [-0.3, -0.25) is 0 Å². The van der Waals surface area contributed by atoms with Crippen molar-refractivity contribution in [2.75, 3.05) is 0 Å². The fourth-order valence-corrected chi connectivity index (χ4v) is 8.07. The first-order chi connectivity index (χ1) is 14.4. The molecule has 2 aromatic rings. The van der Waals surface area contributed by atoms with Crippen molar-refractivity contribution < 1.29 is 10.2 Å². The van der Waals surface area contributed by atoms with Gasteiger partial charge < -0.3 is 10.2 Å². The Morgan fingerprint density at radius 3 is 1.67 bits per heavy atom. The highest BCUT2D eigenvalue weighted by Crippen LogP contribution is 2.71. The van der Waals surface area contributed by atoms with Gasteiger partial charge in [0.25, 0.3) is 0 Å². The Bertz CT molecular complexity index is 905. The van der Waals surface area contributed by atoms with Gasteiger partial charge in [-0.2, -0.15) is 0 Å². The fourth-order valence-electron chi connectivity index (χ4n) is 8.07. The zero-order valence-corrected chi connectivity index (χ0v) is 18.8. The first kappa shape index (κ1) is 20.0. The fraction of sp³-hybridized carbons (Fsp3) is 0.571. The molecule has 2 atom stereocenters. The van der Waals surface area contributed by atoms with Gasteiger partial charge >= 0.3 is 0 Å². The maximum Gasteiger partial charge on any atom is 0.118 e. The van der Waals surface area contributed by atoms with Crippen LogP contribution in [0.2, 0.25) is 0 Å². The minimum Gasteiger partial charge on any atom is -0.508 e. The first-order valence-corrected chi connectivity index (χ1v) is 12.0. The number of aromatic hydroxyl groups is 2. The number of benzene rings is 2. The summed E-state index contributed by atoms with van der Waals surface area (Å²) in [5, 5.41) is 20.6. The van der Waals surface area contributed by atoms with E-state index in [1.807, 2.05) is 12.1 Å². The molecule has 0 aliphatic heterocycles. The van der Waals surface area contributed by atoms with Crippen LogP contribution in [0.3, 0.4) is 0 Å². The Morgan fingerprint density at radius 2 is 1.23 bits per heavy atom. The predicted octanol–water partition coefficient (Wildman–Crippen LogP) is 6.79. The monoisotopic (exact) mass is 404 g/mol. The van der Waals surface area contributed by atoms with Crippen molar-refractivity contribution in [1.29, 1.82) is 0 Å². The number of rotatable bonds is 5. The van der Waals surface area contributed by atoms with Gasteiger partial charge in [-0.25, -0.2) is 0 Å². The molecule has 2 nitrogen and oxygen atoms in total. The van der Waals surface area contributed by atoms with E-state index in [-0.39, 0.29) is 10.8 Å². The molecule has 4 saturated carbocycles. The van der Waals surface area contributed by atoms with E-state index < -0.39 is 0 Å². The average Bonchev–Trinajstić information content (AvgIpc) is 2.73. The molecule has 2 aromatic carbocycles. The van der Waals surface area contributed by atoms with Crippen LogP contribution in [-0.2, 0) is 23.7 Å². The number of phenols is 2. The summed E-state index contributed by atoms with van der Waals surface area (Å²) in [7, 11) is 0. The molecule has 4 aliphatic carbocycles. The van der Waals surface area contributed by atoms with Crippen molar-refractivity contribution in [2.24, 2.45) is 11.3 Å². The molecule has 0 amide bonds. The summed E-state index contributed by atoms with van der Waals surface area (Å²) in [5.74, 6) is 1.66. The summed E-state index contributed by atoms with van der Waals surface area (Å²) in [6, 6.07) is 12.9. The van der Waals surface area contributed by atoms with Crippen LogP contribution < -0.4 is 0 Å². The summed E-state index contributed by atoms with van der Waals surface area (Å²) in [4.78, 5) is 0. The molecule has 30 heavy (non-hydrogen) atoms. The van der Waals surface area contributed by atoms with Gasteiger partial charge in [0.1, 0.15) is 11.5 Å². The van der Waals surface area contributed by atoms with Crippen molar-refractivity contribution in [3.05, 3.63) is 58.7 Å². The normalized spacial score (nSPS) is 34.4. The van der Waals surface area contributed by atoms with Crippen molar-refractivity contribution >= 4 is 0 Å².